The lowest BCUT2D eigenvalue weighted by molar-refractivity contribution is 0.0217. The number of piperidine rings is 1. The molecule has 46 heavy (non-hydrogen) atoms. The van der Waals surface area contributed by atoms with Crippen molar-refractivity contribution in [1.29, 1.82) is 0 Å². The molecule has 1 N–H and O–H groups in total. The number of rotatable bonds is 7. The van der Waals surface area contributed by atoms with Gasteiger partial charge in [-0.25, -0.2) is 9.18 Å². The van der Waals surface area contributed by atoms with Crippen molar-refractivity contribution in [2.24, 2.45) is 0 Å². The highest BCUT2D eigenvalue weighted by atomic mass is 35.5. The van der Waals surface area contributed by atoms with Crippen LogP contribution in [0.25, 0.3) is 33.1 Å². The Morgan fingerprint density at radius 3 is 2.63 bits per heavy atom. The second-order valence-electron chi connectivity index (χ2n) is 12.6. The molecule has 0 amide bonds. The molecule has 0 radical (unpaired) electrons. The van der Waals surface area contributed by atoms with E-state index in [1.807, 2.05) is 4.90 Å². The van der Waals surface area contributed by atoms with E-state index in [9.17, 15) is 4.79 Å². The van der Waals surface area contributed by atoms with Crippen LogP contribution in [0, 0.1) is 5.82 Å². The van der Waals surface area contributed by atoms with E-state index >= 15 is 4.39 Å². The first-order valence-electron chi connectivity index (χ1n) is 16.4. The van der Waals surface area contributed by atoms with Crippen molar-refractivity contribution in [2.75, 3.05) is 44.3 Å². The molecule has 11 nitrogen and oxygen atoms in total. The number of nitrogens with zero attached hydrogens (tertiary/aromatic N) is 6. The molecule has 0 bridgehead atoms. The number of anilines is 1. The molecule has 3 aromatic heterocycles. The number of halogens is 2. The summed E-state index contributed by atoms with van der Waals surface area (Å²) in [7, 11) is 0. The predicted molar refractivity (Wildman–Crippen MR) is 173 cm³/mol. The fraction of sp³-hybridized carbons (Fsp3) is 0.545. The number of carbonyl (C=O) groups is 1. The molecule has 13 heteroatoms. The lowest BCUT2D eigenvalue weighted by Crippen LogP contribution is -2.43. The molecule has 8 rings (SSSR count). The van der Waals surface area contributed by atoms with Crippen molar-refractivity contribution >= 4 is 45.4 Å². The van der Waals surface area contributed by atoms with Crippen molar-refractivity contribution in [3.8, 4) is 17.3 Å². The fourth-order valence-corrected chi connectivity index (χ4v) is 7.12. The van der Waals surface area contributed by atoms with Gasteiger partial charge in [-0.05, 0) is 70.7 Å². The number of pyridine rings is 1. The highest BCUT2D eigenvalue weighted by Gasteiger charge is 2.45. The van der Waals surface area contributed by atoms with Gasteiger partial charge >= 0.3 is 12.2 Å². The normalized spacial score (nSPS) is 20.3. The van der Waals surface area contributed by atoms with Crippen LogP contribution in [-0.4, -0.2) is 87.2 Å². The summed E-state index contributed by atoms with van der Waals surface area (Å²) in [5.41, 5.74) is 1.36. The van der Waals surface area contributed by atoms with Gasteiger partial charge in [0, 0.05) is 28.7 Å². The molecule has 1 unspecified atom stereocenters. The molecule has 1 aliphatic carbocycles. The smallest absolute Gasteiger partial charge is 0.461 e. The Bertz CT molecular complexity index is 1720. The number of hydrogen-bond donors (Lipinski definition) is 1. The summed E-state index contributed by atoms with van der Waals surface area (Å²) in [5.74, 6) is -0.115. The van der Waals surface area contributed by atoms with Crippen LogP contribution >= 0.6 is 11.6 Å². The van der Waals surface area contributed by atoms with Crippen molar-refractivity contribution in [3.63, 3.8) is 0 Å². The van der Waals surface area contributed by atoms with Gasteiger partial charge in [-0.1, -0.05) is 30.9 Å². The zero-order valence-corrected chi connectivity index (χ0v) is 26.8. The highest BCUT2D eigenvalue weighted by molar-refractivity contribution is 6.31. The fourth-order valence-electron chi connectivity index (χ4n) is 6.90. The summed E-state index contributed by atoms with van der Waals surface area (Å²) in [5, 5.41) is 8.55. The monoisotopic (exact) mass is 651 g/mol. The number of aromatic amines is 1. The van der Waals surface area contributed by atoms with Gasteiger partial charge in [0.1, 0.15) is 29.7 Å². The molecule has 3 saturated heterocycles. The molecule has 1 atom stereocenters. The Balaban J connectivity index is 0.00000107. The minimum Gasteiger partial charge on any atom is -0.461 e. The van der Waals surface area contributed by atoms with Crippen LogP contribution in [0.2, 0.25) is 5.02 Å². The molecule has 1 saturated carbocycles. The average molecular weight is 652 g/mol. The SMILES string of the molecule is C1CC1.CCOC(=O)OC1CCCN(c2nc(OCC34CCCN3CCC4)nc3c(F)c(-c4cc(Cl)cc5[nH]ncc45)ncc23)C1. The summed E-state index contributed by atoms with van der Waals surface area (Å²) >= 11 is 6.37. The van der Waals surface area contributed by atoms with Crippen molar-refractivity contribution in [3.05, 3.63) is 35.4 Å². The van der Waals surface area contributed by atoms with Gasteiger partial charge in [0.05, 0.1) is 35.8 Å². The molecule has 4 aromatic rings. The molecule has 1 aromatic carbocycles. The lowest BCUT2D eigenvalue weighted by Gasteiger charge is -2.34. The molecule has 3 aliphatic heterocycles. The van der Waals surface area contributed by atoms with Crippen molar-refractivity contribution in [1.82, 2.24) is 30.0 Å². The van der Waals surface area contributed by atoms with Crippen molar-refractivity contribution in [2.45, 2.75) is 76.4 Å². The van der Waals surface area contributed by atoms with Crippen LogP contribution < -0.4 is 9.64 Å². The van der Waals surface area contributed by atoms with Gasteiger partial charge in [0.25, 0.3) is 0 Å². The van der Waals surface area contributed by atoms with Crippen LogP contribution in [0.5, 0.6) is 6.01 Å². The molecule has 4 fully saturated rings. The third kappa shape index (κ3) is 6.29. The number of fused-ring (bicyclic) bond motifs is 3. The number of hydrogen-bond acceptors (Lipinski definition) is 10. The molecule has 244 valence electrons. The zero-order valence-electron chi connectivity index (χ0n) is 26.1. The predicted octanol–water partition coefficient (Wildman–Crippen LogP) is 6.68. The van der Waals surface area contributed by atoms with Crippen LogP contribution in [0.3, 0.4) is 0 Å². The van der Waals surface area contributed by atoms with E-state index in [0.717, 1.165) is 45.2 Å². The molecular weight excluding hydrogens is 613 g/mol. The summed E-state index contributed by atoms with van der Waals surface area (Å²) in [6.45, 7) is 5.54. The topological polar surface area (TPSA) is 119 Å². The Morgan fingerprint density at radius 2 is 1.87 bits per heavy atom. The van der Waals surface area contributed by atoms with E-state index in [-0.39, 0.29) is 29.4 Å². The third-order valence-electron chi connectivity index (χ3n) is 9.26. The third-order valence-corrected chi connectivity index (χ3v) is 9.48. The Labute approximate surface area is 271 Å². The van der Waals surface area contributed by atoms with E-state index in [1.165, 1.54) is 19.3 Å². The maximum absolute atomic E-state index is 16.5. The van der Waals surface area contributed by atoms with Gasteiger partial charge < -0.3 is 19.1 Å². The van der Waals surface area contributed by atoms with Gasteiger partial charge in [-0.15, -0.1) is 0 Å². The molecular formula is C33H39ClFN7O4. The van der Waals surface area contributed by atoms with E-state index in [2.05, 4.69) is 25.1 Å². The minimum atomic E-state index is -0.702. The van der Waals surface area contributed by atoms with Gasteiger partial charge in [-0.2, -0.15) is 15.1 Å². The Morgan fingerprint density at radius 1 is 1.07 bits per heavy atom. The summed E-state index contributed by atoms with van der Waals surface area (Å²) < 4.78 is 33.4. The minimum absolute atomic E-state index is 0.0300. The number of aromatic nitrogens is 5. The lowest BCUT2D eigenvalue weighted by atomic mass is 9.95. The molecule has 6 heterocycles. The average Bonchev–Trinajstić information content (AvgIpc) is 3.62. The summed E-state index contributed by atoms with van der Waals surface area (Å²) in [4.78, 5) is 30.5. The molecule has 4 aliphatic rings. The first kappa shape index (κ1) is 30.9. The maximum Gasteiger partial charge on any atom is 0.508 e. The van der Waals surface area contributed by atoms with Crippen LogP contribution in [-0.2, 0) is 9.47 Å². The number of H-pyrrole nitrogens is 1. The zero-order chi connectivity index (χ0) is 31.7. The number of benzene rings is 1. The number of nitrogens with one attached hydrogen (secondary N) is 1. The van der Waals surface area contributed by atoms with E-state index < -0.39 is 18.1 Å². The Kier molecular flexibility index (Phi) is 8.82. The van der Waals surface area contributed by atoms with Crippen molar-refractivity contribution < 1.29 is 23.4 Å². The second kappa shape index (κ2) is 13.2. The number of carbonyl (C=O) groups excluding carboxylic acids is 1. The standard InChI is InChI=1S/C30H33ClFN7O4.C3H6/c1-2-41-29(40)43-19-6-3-9-38(16-19)27-22-14-33-25(20-12-18(31)13-23-21(20)15-34-37-23)24(32)26(22)35-28(36-27)42-17-30-7-4-10-39(30)11-5-8-30;1-2-3-1/h12-15,19H,2-11,16-17H2,1H3,(H,34,37);1-3H2. The first-order chi connectivity index (χ1) is 22.4. The van der Waals surface area contributed by atoms with Crippen LogP contribution in [0.1, 0.15) is 64.7 Å². The first-order valence-corrected chi connectivity index (χ1v) is 16.8. The molecule has 0 spiro atoms. The Hall–Kier alpha value is -3.77. The van der Waals surface area contributed by atoms with E-state index in [0.29, 0.717) is 58.8 Å². The quantitative estimate of drug-likeness (QED) is 0.217. The van der Waals surface area contributed by atoms with Gasteiger partial charge in [0.2, 0.25) is 0 Å². The second-order valence-corrected chi connectivity index (χ2v) is 13.0. The van der Waals surface area contributed by atoms with Crippen LogP contribution in [0.4, 0.5) is 15.0 Å². The number of ether oxygens (including phenoxy) is 3. The highest BCUT2D eigenvalue weighted by Crippen LogP contribution is 2.40. The summed E-state index contributed by atoms with van der Waals surface area (Å²) in [6, 6.07) is 3.52. The van der Waals surface area contributed by atoms with E-state index in [1.54, 1.807) is 31.5 Å². The van der Waals surface area contributed by atoms with Gasteiger partial charge in [-0.3, -0.25) is 15.0 Å². The van der Waals surface area contributed by atoms with Gasteiger partial charge in [0.15, 0.2) is 5.82 Å². The maximum atomic E-state index is 16.5. The largest absolute Gasteiger partial charge is 0.508 e. The summed E-state index contributed by atoms with van der Waals surface area (Å²) in [6.07, 6.45) is 12.4. The van der Waals surface area contributed by atoms with Crippen LogP contribution in [0.15, 0.2) is 24.5 Å². The van der Waals surface area contributed by atoms with E-state index in [4.69, 9.17) is 30.8 Å².